The van der Waals surface area contributed by atoms with Crippen molar-refractivity contribution in [3.63, 3.8) is 0 Å². The molecule has 10 heteroatoms. The lowest BCUT2D eigenvalue weighted by Crippen LogP contribution is -2.38. The predicted octanol–water partition coefficient (Wildman–Crippen LogP) is 5.65. The summed E-state index contributed by atoms with van der Waals surface area (Å²) in [6.07, 6.45) is -2.61. The maximum absolute atomic E-state index is 14.0. The van der Waals surface area contributed by atoms with Crippen LogP contribution in [0.3, 0.4) is 0 Å². The Morgan fingerprint density at radius 2 is 1.77 bits per heavy atom. The second kappa shape index (κ2) is 11.5. The van der Waals surface area contributed by atoms with Crippen molar-refractivity contribution in [1.29, 1.82) is 0 Å². The number of benzene rings is 2. The van der Waals surface area contributed by atoms with Crippen LogP contribution in [0.25, 0.3) is 0 Å². The van der Waals surface area contributed by atoms with E-state index in [1.54, 1.807) is 30.3 Å². The van der Waals surface area contributed by atoms with E-state index in [-0.39, 0.29) is 11.7 Å². The van der Waals surface area contributed by atoms with Gasteiger partial charge in [-0.2, -0.15) is 13.2 Å². The number of rotatable bonds is 9. The van der Waals surface area contributed by atoms with E-state index in [1.165, 1.54) is 38.6 Å². The molecule has 35 heavy (non-hydrogen) atoms. The molecule has 1 unspecified atom stereocenters. The van der Waals surface area contributed by atoms with E-state index in [0.29, 0.717) is 34.6 Å². The largest absolute Gasteiger partial charge is 0.494 e. The molecule has 0 aliphatic carbocycles. The van der Waals surface area contributed by atoms with Crippen molar-refractivity contribution in [3.05, 3.63) is 94.0 Å². The van der Waals surface area contributed by atoms with Gasteiger partial charge in [-0.25, -0.2) is 4.39 Å². The molecule has 186 valence electrons. The van der Waals surface area contributed by atoms with Gasteiger partial charge in [-0.15, -0.1) is 0 Å². The molecule has 2 aromatic carbocycles. The van der Waals surface area contributed by atoms with E-state index >= 15 is 0 Å². The first-order valence-electron chi connectivity index (χ1n) is 10.7. The highest BCUT2D eigenvalue weighted by molar-refractivity contribution is 6.30. The molecule has 0 saturated heterocycles. The third-order valence-electron chi connectivity index (χ3n) is 5.49. The zero-order valence-electron chi connectivity index (χ0n) is 19.0. The average molecular weight is 510 g/mol. The van der Waals surface area contributed by atoms with Crippen LogP contribution < -0.4 is 15.4 Å². The zero-order chi connectivity index (χ0) is 25.6. The summed E-state index contributed by atoms with van der Waals surface area (Å²) in [5.74, 6) is -0.807. The van der Waals surface area contributed by atoms with Gasteiger partial charge in [0.15, 0.2) is 11.6 Å². The number of aromatic nitrogens is 1. The number of carbonyl (C=O) groups is 1. The minimum atomic E-state index is -4.52. The Kier molecular flexibility index (Phi) is 8.69. The third kappa shape index (κ3) is 6.93. The highest BCUT2D eigenvalue weighted by Gasteiger charge is 2.32. The minimum absolute atomic E-state index is 0.0356. The first-order valence-corrected chi connectivity index (χ1v) is 11.1. The van der Waals surface area contributed by atoms with Crippen LogP contribution >= 0.6 is 11.6 Å². The van der Waals surface area contributed by atoms with Crippen LogP contribution in [0.2, 0.25) is 5.02 Å². The summed E-state index contributed by atoms with van der Waals surface area (Å²) in [4.78, 5) is 16.2. The van der Waals surface area contributed by atoms with Crippen molar-refractivity contribution in [3.8, 4) is 5.75 Å². The number of methoxy groups -OCH3 is 1. The Balaban J connectivity index is 1.91. The van der Waals surface area contributed by atoms with Crippen molar-refractivity contribution < 1.29 is 27.1 Å². The zero-order valence-corrected chi connectivity index (χ0v) is 19.8. The number of halogens is 5. The normalized spacial score (nSPS) is 13.2. The van der Waals surface area contributed by atoms with E-state index < -0.39 is 29.8 Å². The maximum Gasteiger partial charge on any atom is 0.433 e. The molecule has 3 rings (SSSR count). The fourth-order valence-corrected chi connectivity index (χ4v) is 3.74. The van der Waals surface area contributed by atoms with E-state index in [9.17, 15) is 22.4 Å². The van der Waals surface area contributed by atoms with Gasteiger partial charge in [0, 0.05) is 24.3 Å². The third-order valence-corrected chi connectivity index (χ3v) is 5.75. The SMILES string of the molecule is CNC(=O)C(N[C@H](CCc1ccc(C(F)(F)F)nc1)c1ccc(F)c(OC)c1)c1ccc(Cl)cc1. The Hall–Kier alpha value is -3.17. The second-order valence-corrected chi connectivity index (χ2v) is 8.24. The Morgan fingerprint density at radius 1 is 1.09 bits per heavy atom. The van der Waals surface area contributed by atoms with Crippen molar-refractivity contribution in [2.24, 2.45) is 0 Å². The number of carbonyl (C=O) groups excluding carboxylic acids is 1. The number of amides is 1. The first kappa shape index (κ1) is 26.4. The van der Waals surface area contributed by atoms with Gasteiger partial charge in [0.05, 0.1) is 7.11 Å². The van der Waals surface area contributed by atoms with Crippen molar-refractivity contribution in [2.75, 3.05) is 14.2 Å². The number of pyridine rings is 1. The molecule has 1 heterocycles. The fraction of sp³-hybridized carbons (Fsp3) is 0.280. The summed E-state index contributed by atoms with van der Waals surface area (Å²) in [7, 11) is 2.86. The van der Waals surface area contributed by atoms with Gasteiger partial charge in [-0.3, -0.25) is 15.1 Å². The van der Waals surface area contributed by atoms with Crippen molar-refractivity contribution in [1.82, 2.24) is 15.6 Å². The molecule has 2 atom stereocenters. The smallest absolute Gasteiger partial charge is 0.433 e. The van der Waals surface area contributed by atoms with E-state index in [1.807, 2.05) is 0 Å². The highest BCUT2D eigenvalue weighted by Crippen LogP contribution is 2.30. The lowest BCUT2D eigenvalue weighted by molar-refractivity contribution is -0.141. The number of likely N-dealkylation sites (N-methyl/N-ethyl adjacent to an activating group) is 1. The maximum atomic E-state index is 14.0. The average Bonchev–Trinajstić information content (AvgIpc) is 2.84. The van der Waals surface area contributed by atoms with E-state index in [4.69, 9.17) is 16.3 Å². The first-order chi connectivity index (χ1) is 16.6. The van der Waals surface area contributed by atoms with Crippen LogP contribution in [-0.2, 0) is 17.4 Å². The summed E-state index contributed by atoms with van der Waals surface area (Å²) in [5.41, 5.74) is 0.915. The molecular weight excluding hydrogens is 486 g/mol. The summed E-state index contributed by atoms with van der Waals surface area (Å²) in [5, 5.41) is 6.44. The molecule has 0 aliphatic rings. The van der Waals surface area contributed by atoms with Crippen LogP contribution in [0, 0.1) is 5.82 Å². The number of nitrogens with one attached hydrogen (secondary N) is 2. The fourth-order valence-electron chi connectivity index (χ4n) is 3.61. The summed E-state index contributed by atoms with van der Waals surface area (Å²) in [6.45, 7) is 0. The summed E-state index contributed by atoms with van der Waals surface area (Å²) >= 11 is 5.99. The van der Waals surface area contributed by atoms with Crippen LogP contribution in [0.15, 0.2) is 60.8 Å². The summed E-state index contributed by atoms with van der Waals surface area (Å²) < 4.78 is 57.7. The molecule has 5 nitrogen and oxygen atoms in total. The van der Waals surface area contributed by atoms with Crippen molar-refractivity contribution >= 4 is 17.5 Å². The lowest BCUT2D eigenvalue weighted by atomic mass is 9.96. The number of ether oxygens (including phenoxy) is 1. The van der Waals surface area contributed by atoms with Crippen LogP contribution in [0.5, 0.6) is 5.75 Å². The molecule has 0 saturated carbocycles. The molecule has 2 N–H and O–H groups in total. The Bertz CT molecular complexity index is 1140. The predicted molar refractivity (Wildman–Crippen MR) is 125 cm³/mol. The minimum Gasteiger partial charge on any atom is -0.494 e. The summed E-state index contributed by atoms with van der Waals surface area (Å²) in [6, 6.07) is 12.2. The number of hydrogen-bond acceptors (Lipinski definition) is 4. The van der Waals surface area contributed by atoms with Gasteiger partial charge in [0.25, 0.3) is 0 Å². The van der Waals surface area contributed by atoms with Crippen molar-refractivity contribution in [2.45, 2.75) is 31.1 Å². The van der Waals surface area contributed by atoms with Crippen LogP contribution in [0.1, 0.15) is 40.9 Å². The van der Waals surface area contributed by atoms with Gasteiger partial charge in [-0.05, 0) is 59.9 Å². The van der Waals surface area contributed by atoms with Gasteiger partial charge in [0.2, 0.25) is 5.91 Å². The van der Waals surface area contributed by atoms with Crippen LogP contribution in [0.4, 0.5) is 17.6 Å². The standard InChI is InChI=1S/C25H24ClF4N3O2/c1-31-24(34)23(16-5-8-18(26)9-6-16)33-20(17-7-10-19(27)21(13-17)35-2)11-3-15-4-12-22(32-14-15)25(28,29)30/h4-10,12-14,20,23,33H,3,11H2,1-2H3,(H,31,34)/t20-,23?/m1/s1. The highest BCUT2D eigenvalue weighted by atomic mass is 35.5. The molecule has 0 radical (unpaired) electrons. The number of aryl methyl sites for hydroxylation is 1. The number of nitrogens with zero attached hydrogens (tertiary/aromatic N) is 1. The molecule has 0 bridgehead atoms. The number of hydrogen-bond donors (Lipinski definition) is 2. The molecule has 1 aromatic heterocycles. The molecule has 0 spiro atoms. The molecule has 0 aliphatic heterocycles. The lowest BCUT2D eigenvalue weighted by Gasteiger charge is -2.26. The topological polar surface area (TPSA) is 63.2 Å². The molecule has 3 aromatic rings. The number of alkyl halides is 3. The van der Waals surface area contributed by atoms with Gasteiger partial charge in [0.1, 0.15) is 11.7 Å². The molecule has 0 fully saturated rings. The van der Waals surface area contributed by atoms with E-state index in [0.717, 1.165) is 6.07 Å². The van der Waals surface area contributed by atoms with Crippen LogP contribution in [-0.4, -0.2) is 25.0 Å². The Morgan fingerprint density at radius 3 is 2.34 bits per heavy atom. The molecule has 1 amide bonds. The molecular formula is C25H24ClF4N3O2. The second-order valence-electron chi connectivity index (χ2n) is 7.80. The van der Waals surface area contributed by atoms with E-state index in [2.05, 4.69) is 15.6 Å². The van der Waals surface area contributed by atoms with Gasteiger partial charge in [-0.1, -0.05) is 35.9 Å². The monoisotopic (exact) mass is 509 g/mol. The van der Waals surface area contributed by atoms with Gasteiger partial charge >= 0.3 is 6.18 Å². The quantitative estimate of drug-likeness (QED) is 0.366. The van der Waals surface area contributed by atoms with Gasteiger partial charge < -0.3 is 10.1 Å². The Labute approximate surface area is 205 Å².